The number of hydrogen-bond acceptors (Lipinski definition) is 2. The molecule has 0 aliphatic heterocycles. The summed E-state index contributed by atoms with van der Waals surface area (Å²) in [5, 5.41) is 0. The molecule has 2 nitrogen and oxygen atoms in total. The Balaban J connectivity index is 3.98. The minimum Gasteiger partial charge on any atom is -0.462 e. The summed E-state index contributed by atoms with van der Waals surface area (Å²) in [5.74, 6) is 0.618. The summed E-state index contributed by atoms with van der Waals surface area (Å²) in [7, 11) is 0. The molecule has 0 N–H and O–H groups in total. The highest BCUT2D eigenvalue weighted by atomic mass is 16.5. The fourth-order valence-electron chi connectivity index (χ4n) is 1.71. The van der Waals surface area contributed by atoms with Gasteiger partial charge >= 0.3 is 5.97 Å². The van der Waals surface area contributed by atoms with E-state index >= 15 is 0 Å². The maximum Gasteiger partial charge on any atom is 0.306 e. The van der Waals surface area contributed by atoms with Gasteiger partial charge in [0.05, 0.1) is 0 Å². The quantitative estimate of drug-likeness (QED) is 0.446. The average molecular weight is 238 g/mol. The van der Waals surface area contributed by atoms with Crippen molar-refractivity contribution in [2.45, 2.75) is 52.6 Å². The lowest BCUT2D eigenvalue weighted by molar-refractivity contribution is -0.151. The Bertz CT molecular complexity index is 245. The number of carbonyl (C=O) groups is 1. The molecule has 0 bridgehead atoms. The molecule has 0 radical (unpaired) electrons. The molecule has 3 atom stereocenters. The Kier molecular flexibility index (Phi) is 8.47. The SMILES string of the molecule is C=CC[C@@H](C)CCC(=O)O[C@@H](CC)[C@@H](C)C=C. The first-order chi connectivity index (χ1) is 8.04. The van der Waals surface area contributed by atoms with Gasteiger partial charge in [0.2, 0.25) is 0 Å². The zero-order valence-corrected chi connectivity index (χ0v) is 11.4. The van der Waals surface area contributed by atoms with Gasteiger partial charge in [0.15, 0.2) is 0 Å². The molecule has 0 saturated carbocycles. The number of hydrogen-bond donors (Lipinski definition) is 0. The number of allylic oxidation sites excluding steroid dienone is 1. The number of ether oxygens (including phenoxy) is 1. The van der Waals surface area contributed by atoms with Crippen molar-refractivity contribution in [3.05, 3.63) is 25.3 Å². The van der Waals surface area contributed by atoms with Crippen LogP contribution in [0.25, 0.3) is 0 Å². The van der Waals surface area contributed by atoms with Gasteiger partial charge in [-0.2, -0.15) is 0 Å². The smallest absolute Gasteiger partial charge is 0.306 e. The summed E-state index contributed by atoms with van der Waals surface area (Å²) < 4.78 is 5.44. The average Bonchev–Trinajstić information content (AvgIpc) is 2.32. The topological polar surface area (TPSA) is 26.3 Å². The fourth-order valence-corrected chi connectivity index (χ4v) is 1.71. The minimum absolute atomic E-state index is 0.0327. The Morgan fingerprint density at radius 3 is 2.47 bits per heavy atom. The maximum atomic E-state index is 11.7. The van der Waals surface area contributed by atoms with E-state index in [4.69, 9.17) is 4.74 Å². The summed E-state index contributed by atoms with van der Waals surface area (Å²) in [4.78, 5) is 11.7. The van der Waals surface area contributed by atoms with Crippen molar-refractivity contribution in [3.63, 3.8) is 0 Å². The van der Waals surface area contributed by atoms with Gasteiger partial charge in [-0.25, -0.2) is 0 Å². The molecule has 98 valence electrons. The zero-order chi connectivity index (χ0) is 13.3. The Morgan fingerprint density at radius 2 is 2.00 bits per heavy atom. The largest absolute Gasteiger partial charge is 0.462 e. The first-order valence-electron chi connectivity index (χ1n) is 6.48. The van der Waals surface area contributed by atoms with Crippen LogP contribution in [0.3, 0.4) is 0 Å². The second kappa shape index (κ2) is 9.03. The van der Waals surface area contributed by atoms with Crippen molar-refractivity contribution in [1.82, 2.24) is 0 Å². The van der Waals surface area contributed by atoms with E-state index < -0.39 is 0 Å². The highest BCUT2D eigenvalue weighted by molar-refractivity contribution is 5.69. The number of carbonyl (C=O) groups excluding carboxylic acids is 1. The van der Waals surface area contributed by atoms with Crippen molar-refractivity contribution in [1.29, 1.82) is 0 Å². The van der Waals surface area contributed by atoms with Crippen LogP contribution in [0.15, 0.2) is 25.3 Å². The Morgan fingerprint density at radius 1 is 1.35 bits per heavy atom. The third-order valence-corrected chi connectivity index (χ3v) is 3.05. The molecule has 0 aliphatic rings. The lowest BCUT2D eigenvalue weighted by Crippen LogP contribution is -2.23. The lowest BCUT2D eigenvalue weighted by Gasteiger charge is -2.20. The molecular weight excluding hydrogens is 212 g/mol. The predicted molar refractivity (Wildman–Crippen MR) is 72.7 cm³/mol. The minimum atomic E-state index is -0.0959. The van der Waals surface area contributed by atoms with E-state index in [9.17, 15) is 4.79 Å². The molecule has 0 rings (SSSR count). The van der Waals surface area contributed by atoms with E-state index in [1.54, 1.807) is 0 Å². The molecule has 0 spiro atoms. The van der Waals surface area contributed by atoms with E-state index in [1.165, 1.54) is 0 Å². The first kappa shape index (κ1) is 16.0. The fraction of sp³-hybridized carbons (Fsp3) is 0.667. The van der Waals surface area contributed by atoms with Crippen molar-refractivity contribution in [2.24, 2.45) is 11.8 Å². The summed E-state index contributed by atoms with van der Waals surface area (Å²) in [5.41, 5.74) is 0. The van der Waals surface area contributed by atoms with Crippen molar-refractivity contribution < 1.29 is 9.53 Å². The summed E-state index contributed by atoms with van der Waals surface area (Å²) in [6.07, 6.45) is 6.84. The summed E-state index contributed by atoms with van der Waals surface area (Å²) >= 11 is 0. The van der Waals surface area contributed by atoms with Crippen LogP contribution < -0.4 is 0 Å². The zero-order valence-electron chi connectivity index (χ0n) is 11.4. The summed E-state index contributed by atoms with van der Waals surface area (Å²) in [6, 6.07) is 0. The van der Waals surface area contributed by atoms with Gasteiger partial charge in [0.25, 0.3) is 0 Å². The van der Waals surface area contributed by atoms with E-state index in [1.807, 2.05) is 26.0 Å². The van der Waals surface area contributed by atoms with Crippen LogP contribution in [0, 0.1) is 11.8 Å². The second-order valence-electron chi connectivity index (χ2n) is 4.70. The molecule has 0 heterocycles. The van der Waals surface area contributed by atoms with Crippen LogP contribution in [0.1, 0.15) is 46.5 Å². The van der Waals surface area contributed by atoms with Crippen molar-refractivity contribution in [3.8, 4) is 0 Å². The molecule has 2 heteroatoms. The van der Waals surface area contributed by atoms with Crippen molar-refractivity contribution >= 4 is 5.97 Å². The van der Waals surface area contributed by atoms with Crippen LogP contribution in [0.2, 0.25) is 0 Å². The van der Waals surface area contributed by atoms with Crippen LogP contribution in [0.4, 0.5) is 0 Å². The second-order valence-corrected chi connectivity index (χ2v) is 4.70. The van der Waals surface area contributed by atoms with Crippen LogP contribution in [-0.4, -0.2) is 12.1 Å². The number of esters is 1. The molecular formula is C15H26O2. The Hall–Kier alpha value is -1.05. The monoisotopic (exact) mass is 238 g/mol. The highest BCUT2D eigenvalue weighted by Gasteiger charge is 2.17. The molecule has 0 amide bonds. The molecule has 17 heavy (non-hydrogen) atoms. The highest BCUT2D eigenvalue weighted by Crippen LogP contribution is 2.16. The molecule has 0 fully saturated rings. The normalized spacial score (nSPS) is 15.7. The van der Waals surface area contributed by atoms with Gasteiger partial charge in [0, 0.05) is 12.3 Å². The van der Waals surface area contributed by atoms with Gasteiger partial charge in [-0.05, 0) is 25.2 Å². The van der Waals surface area contributed by atoms with Crippen LogP contribution >= 0.6 is 0 Å². The van der Waals surface area contributed by atoms with E-state index in [0.29, 0.717) is 12.3 Å². The van der Waals surface area contributed by atoms with Crippen LogP contribution in [-0.2, 0) is 9.53 Å². The third-order valence-electron chi connectivity index (χ3n) is 3.05. The predicted octanol–water partition coefficient (Wildman–Crippen LogP) is 4.12. The van der Waals surface area contributed by atoms with Gasteiger partial charge in [-0.3, -0.25) is 4.79 Å². The first-order valence-corrected chi connectivity index (χ1v) is 6.48. The van der Waals surface area contributed by atoms with Gasteiger partial charge in [-0.1, -0.05) is 32.9 Å². The molecule has 0 unspecified atom stereocenters. The molecule has 0 aliphatic carbocycles. The third kappa shape index (κ3) is 6.98. The Labute approximate surface area is 106 Å². The standard InChI is InChI=1S/C15H26O2/c1-6-9-12(4)10-11-15(16)17-14(8-3)13(5)7-2/h6-7,12-14H,1-2,8-11H2,3-5H3/t12-,13+,14+/m1/s1. The van der Waals surface area contributed by atoms with E-state index in [-0.39, 0.29) is 18.0 Å². The van der Waals surface area contributed by atoms with Gasteiger partial charge in [0.1, 0.15) is 6.10 Å². The number of rotatable bonds is 9. The van der Waals surface area contributed by atoms with Crippen LogP contribution in [0.5, 0.6) is 0 Å². The van der Waals surface area contributed by atoms with Crippen molar-refractivity contribution in [2.75, 3.05) is 0 Å². The van der Waals surface area contributed by atoms with E-state index in [0.717, 1.165) is 19.3 Å². The lowest BCUT2D eigenvalue weighted by atomic mass is 10.0. The molecule has 0 aromatic heterocycles. The van der Waals surface area contributed by atoms with Gasteiger partial charge < -0.3 is 4.74 Å². The molecule has 0 aromatic rings. The maximum absolute atomic E-state index is 11.7. The molecule has 0 saturated heterocycles. The van der Waals surface area contributed by atoms with E-state index in [2.05, 4.69) is 20.1 Å². The summed E-state index contributed by atoms with van der Waals surface area (Å²) in [6.45, 7) is 13.6. The van der Waals surface area contributed by atoms with Gasteiger partial charge in [-0.15, -0.1) is 13.2 Å². The molecule has 0 aromatic carbocycles.